The number of nitrogens with zero attached hydrogens (tertiary/aromatic N) is 2. The molecule has 0 saturated carbocycles. The van der Waals surface area contributed by atoms with Gasteiger partial charge >= 0.3 is 5.97 Å². The fraction of sp³-hybridized carbons (Fsp3) is 0.444. The number of carbonyl (C=O) groups is 1. The number of piperidine rings is 1. The monoisotopic (exact) mass is 328 g/mol. The Hall–Kier alpha value is -2.34. The van der Waals surface area contributed by atoms with Crippen molar-refractivity contribution in [3.8, 4) is 0 Å². The van der Waals surface area contributed by atoms with Crippen molar-refractivity contribution in [3.63, 3.8) is 0 Å². The molecule has 1 unspecified atom stereocenters. The molecule has 1 aromatic heterocycles. The van der Waals surface area contributed by atoms with Crippen molar-refractivity contribution in [1.29, 1.82) is 0 Å². The van der Waals surface area contributed by atoms with E-state index in [4.69, 9.17) is 4.74 Å². The van der Waals surface area contributed by atoms with E-state index in [2.05, 4.69) is 32.5 Å². The van der Waals surface area contributed by atoms with E-state index in [1.54, 1.807) is 13.1 Å². The molecule has 1 atom stereocenters. The molecular weight excluding hydrogens is 304 g/mol. The summed E-state index contributed by atoms with van der Waals surface area (Å²) >= 11 is 0. The number of ether oxygens (including phenoxy) is 1. The third kappa shape index (κ3) is 4.14. The summed E-state index contributed by atoms with van der Waals surface area (Å²) in [6, 6.07) is 10.7. The van der Waals surface area contributed by atoms with E-state index >= 15 is 0 Å². The van der Waals surface area contributed by atoms with Gasteiger partial charge in [0.05, 0.1) is 12.8 Å². The largest absolute Gasteiger partial charge is 0.461 e. The number of benzene rings is 1. The van der Waals surface area contributed by atoms with E-state index in [1.165, 1.54) is 0 Å². The van der Waals surface area contributed by atoms with Crippen LogP contribution in [0.1, 0.15) is 35.8 Å². The Bertz CT molecular complexity index is 656. The summed E-state index contributed by atoms with van der Waals surface area (Å²) < 4.78 is 5.08. The highest BCUT2D eigenvalue weighted by molar-refractivity contribution is 5.88. The predicted octanol–water partition coefficient (Wildman–Crippen LogP) is 2.66. The molecule has 24 heavy (non-hydrogen) atoms. The second kappa shape index (κ2) is 7.97. The van der Waals surface area contributed by atoms with Crippen LogP contribution in [-0.4, -0.2) is 46.8 Å². The lowest BCUT2D eigenvalue weighted by molar-refractivity contribution is 0.0516. The molecule has 6 heteroatoms. The summed E-state index contributed by atoms with van der Waals surface area (Å²) in [5.74, 6) is -0.332. The third-order valence-electron chi connectivity index (χ3n) is 4.24. The van der Waals surface area contributed by atoms with E-state index in [-0.39, 0.29) is 5.97 Å². The zero-order valence-corrected chi connectivity index (χ0v) is 14.0. The number of nitrogens with one attached hydrogen (secondary N) is 2. The van der Waals surface area contributed by atoms with Crippen LogP contribution in [0.15, 0.2) is 36.5 Å². The Morgan fingerprint density at radius 1 is 1.42 bits per heavy atom. The minimum atomic E-state index is -0.332. The SMILES string of the molecule is CCOC(=O)c1[nH]ncc1CN1CCCC(Nc2ccccc2)C1. The minimum absolute atomic E-state index is 0.332. The molecule has 0 amide bonds. The van der Waals surface area contributed by atoms with Crippen molar-refractivity contribution >= 4 is 11.7 Å². The maximum atomic E-state index is 11.9. The molecular formula is C18H24N4O2. The highest BCUT2D eigenvalue weighted by Gasteiger charge is 2.23. The zero-order valence-electron chi connectivity index (χ0n) is 14.0. The van der Waals surface area contributed by atoms with Crippen LogP contribution in [0.4, 0.5) is 5.69 Å². The number of rotatable bonds is 6. The van der Waals surface area contributed by atoms with Gasteiger partial charge < -0.3 is 10.1 Å². The highest BCUT2D eigenvalue weighted by Crippen LogP contribution is 2.19. The van der Waals surface area contributed by atoms with E-state index in [0.29, 0.717) is 24.9 Å². The lowest BCUT2D eigenvalue weighted by Gasteiger charge is -2.33. The molecule has 128 valence electrons. The molecule has 0 aliphatic carbocycles. The van der Waals surface area contributed by atoms with Gasteiger partial charge in [0.15, 0.2) is 0 Å². The Balaban J connectivity index is 1.60. The molecule has 1 aliphatic rings. The first kappa shape index (κ1) is 16.5. The molecule has 3 rings (SSSR count). The predicted molar refractivity (Wildman–Crippen MR) is 92.9 cm³/mol. The van der Waals surface area contributed by atoms with Gasteiger partial charge in [-0.3, -0.25) is 10.00 Å². The fourth-order valence-corrected chi connectivity index (χ4v) is 3.14. The van der Waals surface area contributed by atoms with Gasteiger partial charge in [-0.15, -0.1) is 0 Å². The number of aromatic nitrogens is 2. The standard InChI is InChI=1S/C18H24N4O2/c1-2-24-18(23)17-14(11-19-21-17)12-22-10-6-9-16(13-22)20-15-7-4-3-5-8-15/h3-5,7-8,11,16,20H,2,6,9-10,12-13H2,1H3,(H,19,21). The van der Waals surface area contributed by atoms with Crippen molar-refractivity contribution in [1.82, 2.24) is 15.1 Å². The second-order valence-corrected chi connectivity index (χ2v) is 6.08. The number of anilines is 1. The fourth-order valence-electron chi connectivity index (χ4n) is 3.14. The lowest BCUT2D eigenvalue weighted by Crippen LogP contribution is -2.41. The van der Waals surface area contributed by atoms with Crippen molar-refractivity contribution < 1.29 is 9.53 Å². The van der Waals surface area contributed by atoms with Crippen LogP contribution in [0.5, 0.6) is 0 Å². The average Bonchev–Trinajstić information content (AvgIpc) is 3.04. The Morgan fingerprint density at radius 3 is 3.04 bits per heavy atom. The molecule has 1 aromatic carbocycles. The first-order valence-corrected chi connectivity index (χ1v) is 8.49. The summed E-state index contributed by atoms with van der Waals surface area (Å²) in [5.41, 5.74) is 2.52. The number of likely N-dealkylation sites (tertiary alicyclic amines) is 1. The summed E-state index contributed by atoms with van der Waals surface area (Å²) in [7, 11) is 0. The Morgan fingerprint density at radius 2 is 2.25 bits per heavy atom. The summed E-state index contributed by atoms with van der Waals surface area (Å²) in [6.45, 7) is 4.85. The van der Waals surface area contributed by atoms with E-state index < -0.39 is 0 Å². The van der Waals surface area contributed by atoms with Crippen molar-refractivity contribution in [2.24, 2.45) is 0 Å². The molecule has 0 spiro atoms. The molecule has 1 saturated heterocycles. The molecule has 1 aliphatic heterocycles. The number of carbonyl (C=O) groups excluding carboxylic acids is 1. The third-order valence-corrected chi connectivity index (χ3v) is 4.24. The summed E-state index contributed by atoms with van der Waals surface area (Å²) in [5, 5.41) is 10.4. The van der Waals surface area contributed by atoms with Gasteiger partial charge in [0.25, 0.3) is 0 Å². The maximum absolute atomic E-state index is 11.9. The van der Waals surface area contributed by atoms with E-state index in [9.17, 15) is 4.79 Å². The van der Waals surface area contributed by atoms with E-state index in [0.717, 1.165) is 37.2 Å². The average molecular weight is 328 g/mol. The smallest absolute Gasteiger partial charge is 0.356 e. The normalized spacial score (nSPS) is 18.3. The van der Waals surface area contributed by atoms with Gasteiger partial charge in [-0.2, -0.15) is 5.10 Å². The topological polar surface area (TPSA) is 70.2 Å². The van der Waals surface area contributed by atoms with Gasteiger partial charge in [-0.05, 0) is 38.4 Å². The Kier molecular flexibility index (Phi) is 5.48. The van der Waals surface area contributed by atoms with E-state index in [1.807, 2.05) is 18.2 Å². The molecule has 2 N–H and O–H groups in total. The van der Waals surface area contributed by atoms with Crippen molar-refractivity contribution in [3.05, 3.63) is 47.8 Å². The summed E-state index contributed by atoms with van der Waals surface area (Å²) in [4.78, 5) is 14.3. The lowest BCUT2D eigenvalue weighted by atomic mass is 10.0. The van der Waals surface area contributed by atoms with Gasteiger partial charge in [0, 0.05) is 30.4 Å². The van der Waals surface area contributed by atoms with Crippen LogP contribution in [0.25, 0.3) is 0 Å². The number of H-pyrrole nitrogens is 1. The molecule has 2 heterocycles. The first-order chi connectivity index (χ1) is 11.8. The van der Waals surface area contributed by atoms with Crippen LogP contribution in [0.3, 0.4) is 0 Å². The number of para-hydroxylation sites is 1. The van der Waals surface area contributed by atoms with Gasteiger partial charge in [-0.25, -0.2) is 4.79 Å². The Labute approximate surface area is 142 Å². The van der Waals surface area contributed by atoms with Crippen molar-refractivity contribution in [2.75, 3.05) is 25.0 Å². The second-order valence-electron chi connectivity index (χ2n) is 6.08. The van der Waals surface area contributed by atoms with Gasteiger partial charge in [0.2, 0.25) is 0 Å². The molecule has 0 radical (unpaired) electrons. The molecule has 2 aromatic rings. The zero-order chi connectivity index (χ0) is 16.8. The van der Waals surface area contributed by atoms with Crippen LogP contribution in [-0.2, 0) is 11.3 Å². The number of aromatic amines is 1. The minimum Gasteiger partial charge on any atom is -0.461 e. The van der Waals surface area contributed by atoms with Crippen LogP contribution in [0.2, 0.25) is 0 Å². The highest BCUT2D eigenvalue weighted by atomic mass is 16.5. The molecule has 1 fully saturated rings. The number of hydrogen-bond donors (Lipinski definition) is 2. The van der Waals surface area contributed by atoms with Gasteiger partial charge in [-0.1, -0.05) is 18.2 Å². The van der Waals surface area contributed by atoms with Gasteiger partial charge in [0.1, 0.15) is 5.69 Å². The maximum Gasteiger partial charge on any atom is 0.356 e. The molecule has 6 nitrogen and oxygen atoms in total. The first-order valence-electron chi connectivity index (χ1n) is 8.49. The number of hydrogen-bond acceptors (Lipinski definition) is 5. The summed E-state index contributed by atoms with van der Waals surface area (Å²) in [6.07, 6.45) is 4.01. The van der Waals surface area contributed by atoms with Crippen LogP contribution in [0, 0.1) is 0 Å². The van der Waals surface area contributed by atoms with Crippen LogP contribution >= 0.6 is 0 Å². The molecule has 0 bridgehead atoms. The number of esters is 1. The quantitative estimate of drug-likeness (QED) is 0.798. The van der Waals surface area contributed by atoms with Crippen molar-refractivity contribution in [2.45, 2.75) is 32.4 Å². The van der Waals surface area contributed by atoms with Crippen LogP contribution < -0.4 is 5.32 Å².